The third kappa shape index (κ3) is 3.73. The maximum absolute atomic E-state index is 12.5. The monoisotopic (exact) mass is 401 g/mol. The molecule has 0 unspecified atom stereocenters. The highest BCUT2D eigenvalue weighted by molar-refractivity contribution is 7.91. The molecule has 0 bridgehead atoms. The zero-order chi connectivity index (χ0) is 17.3. The van der Waals surface area contributed by atoms with Gasteiger partial charge in [-0.15, -0.1) is 11.3 Å². The fourth-order valence-electron chi connectivity index (χ4n) is 2.47. The second-order valence-corrected chi connectivity index (χ2v) is 9.84. The van der Waals surface area contributed by atoms with E-state index in [1.807, 2.05) is 41.4 Å². The molecule has 5 nitrogen and oxygen atoms in total. The number of aryl methyl sites for hydroxylation is 2. The normalized spacial score (nSPS) is 13.3. The van der Waals surface area contributed by atoms with Gasteiger partial charge in [0, 0.05) is 12.2 Å². The Morgan fingerprint density at radius 3 is 2.67 bits per heavy atom. The van der Waals surface area contributed by atoms with Crippen molar-refractivity contribution in [2.75, 3.05) is 6.54 Å². The van der Waals surface area contributed by atoms with Gasteiger partial charge in [-0.3, -0.25) is 4.68 Å². The number of thiophene rings is 2. The summed E-state index contributed by atoms with van der Waals surface area (Å²) in [5.74, 6) is 0. The Bertz CT molecular complexity index is 929. The van der Waals surface area contributed by atoms with Gasteiger partial charge in [0.15, 0.2) is 0 Å². The predicted octanol–water partition coefficient (Wildman–Crippen LogP) is 3.84. The van der Waals surface area contributed by atoms with E-state index < -0.39 is 10.0 Å². The lowest BCUT2D eigenvalue weighted by molar-refractivity contribution is 0.495. The number of aromatic nitrogens is 2. The third-order valence-corrected chi connectivity index (χ3v) is 7.40. The summed E-state index contributed by atoms with van der Waals surface area (Å²) < 4.78 is 30.1. The fraction of sp³-hybridized carbons (Fsp3) is 0.267. The van der Waals surface area contributed by atoms with Crippen molar-refractivity contribution in [1.29, 1.82) is 0 Å². The second kappa shape index (κ2) is 6.97. The van der Waals surface area contributed by atoms with Crippen LogP contribution in [0.15, 0.2) is 39.2 Å². The second-order valence-electron chi connectivity index (χ2n) is 5.35. The zero-order valence-electron chi connectivity index (χ0n) is 13.1. The van der Waals surface area contributed by atoms with Crippen molar-refractivity contribution in [2.45, 2.75) is 24.1 Å². The van der Waals surface area contributed by atoms with Crippen LogP contribution in [0.2, 0.25) is 4.34 Å². The molecule has 0 saturated heterocycles. The van der Waals surface area contributed by atoms with Gasteiger partial charge in [0.05, 0.1) is 16.1 Å². The highest BCUT2D eigenvalue weighted by Gasteiger charge is 2.22. The highest BCUT2D eigenvalue weighted by atomic mass is 35.5. The lowest BCUT2D eigenvalue weighted by Crippen LogP contribution is -2.31. The molecule has 3 aromatic heterocycles. The minimum atomic E-state index is -3.59. The lowest BCUT2D eigenvalue weighted by Gasteiger charge is -2.19. The Balaban J connectivity index is 1.87. The molecule has 24 heavy (non-hydrogen) atoms. The summed E-state index contributed by atoms with van der Waals surface area (Å²) in [5.41, 5.74) is 2.92. The molecule has 0 fully saturated rings. The van der Waals surface area contributed by atoms with Crippen LogP contribution in [0.5, 0.6) is 0 Å². The first-order chi connectivity index (χ1) is 11.4. The summed E-state index contributed by atoms with van der Waals surface area (Å²) in [6.45, 7) is 4.11. The average Bonchev–Trinajstić information content (AvgIpc) is 3.22. The molecule has 0 aliphatic heterocycles. The van der Waals surface area contributed by atoms with Crippen molar-refractivity contribution in [1.82, 2.24) is 14.5 Å². The smallest absolute Gasteiger partial charge is 0.250 e. The molecule has 0 aromatic carbocycles. The van der Waals surface area contributed by atoms with Gasteiger partial charge in [-0.25, -0.2) is 13.1 Å². The van der Waals surface area contributed by atoms with Crippen molar-refractivity contribution < 1.29 is 8.42 Å². The number of rotatable bonds is 6. The standard InChI is InChI=1S/C15H16ClN3O2S3/c1-10-7-11(2)19(18-10)13(12-5-6-22-9-12)8-17-24(20,21)15-4-3-14(16)23-15/h3-7,9,13,17H,8H2,1-2H3/t13-/m1/s1. The van der Waals surface area contributed by atoms with Crippen LogP contribution in [0.25, 0.3) is 0 Å². The summed E-state index contributed by atoms with van der Waals surface area (Å²) in [5, 5.41) is 8.50. The first-order valence-corrected chi connectivity index (χ1v) is 10.8. The number of hydrogen-bond acceptors (Lipinski definition) is 5. The van der Waals surface area contributed by atoms with E-state index in [1.54, 1.807) is 17.4 Å². The number of nitrogens with zero attached hydrogens (tertiary/aromatic N) is 2. The fourth-order valence-corrected chi connectivity index (χ4v) is 5.75. The molecule has 0 amide bonds. The summed E-state index contributed by atoms with van der Waals surface area (Å²) in [7, 11) is -3.59. The first kappa shape index (κ1) is 17.6. The molecular weight excluding hydrogens is 386 g/mol. The first-order valence-electron chi connectivity index (χ1n) is 7.16. The molecule has 3 rings (SSSR count). The van der Waals surface area contributed by atoms with Crippen molar-refractivity contribution >= 4 is 44.3 Å². The van der Waals surface area contributed by atoms with E-state index in [4.69, 9.17) is 11.6 Å². The molecule has 3 heterocycles. The molecule has 0 aliphatic rings. The van der Waals surface area contributed by atoms with E-state index in [2.05, 4.69) is 9.82 Å². The molecule has 0 spiro atoms. The van der Waals surface area contributed by atoms with Crippen LogP contribution in [0.3, 0.4) is 0 Å². The Hall–Kier alpha value is -1.19. The molecule has 1 atom stereocenters. The number of hydrogen-bond donors (Lipinski definition) is 1. The molecule has 128 valence electrons. The summed E-state index contributed by atoms with van der Waals surface area (Å²) in [6, 6.07) is 6.86. The zero-order valence-corrected chi connectivity index (χ0v) is 16.3. The van der Waals surface area contributed by atoms with E-state index in [0.29, 0.717) is 4.34 Å². The van der Waals surface area contributed by atoms with Crippen LogP contribution in [-0.2, 0) is 10.0 Å². The Kier molecular flexibility index (Phi) is 5.12. The molecule has 0 radical (unpaired) electrons. The molecule has 0 saturated carbocycles. The summed E-state index contributed by atoms with van der Waals surface area (Å²) in [6.07, 6.45) is 0. The summed E-state index contributed by atoms with van der Waals surface area (Å²) >= 11 is 8.46. The van der Waals surface area contributed by atoms with Crippen molar-refractivity contribution in [3.05, 3.63) is 56.3 Å². The van der Waals surface area contributed by atoms with Gasteiger partial charge in [0.25, 0.3) is 0 Å². The molecule has 9 heteroatoms. The Morgan fingerprint density at radius 2 is 2.12 bits per heavy atom. The van der Waals surface area contributed by atoms with E-state index in [-0.39, 0.29) is 16.8 Å². The van der Waals surface area contributed by atoms with Gasteiger partial charge < -0.3 is 0 Å². The van der Waals surface area contributed by atoms with Gasteiger partial charge in [-0.2, -0.15) is 16.4 Å². The summed E-state index contributed by atoms with van der Waals surface area (Å²) in [4.78, 5) is 0. The van der Waals surface area contributed by atoms with Crippen LogP contribution in [-0.4, -0.2) is 24.7 Å². The quantitative estimate of drug-likeness (QED) is 0.682. The lowest BCUT2D eigenvalue weighted by atomic mass is 10.1. The predicted molar refractivity (Wildman–Crippen MR) is 98.7 cm³/mol. The van der Waals surface area contributed by atoms with Crippen LogP contribution in [0, 0.1) is 13.8 Å². The van der Waals surface area contributed by atoms with Crippen LogP contribution in [0.4, 0.5) is 0 Å². The van der Waals surface area contributed by atoms with E-state index in [0.717, 1.165) is 28.3 Å². The van der Waals surface area contributed by atoms with E-state index >= 15 is 0 Å². The Morgan fingerprint density at radius 1 is 1.33 bits per heavy atom. The van der Waals surface area contributed by atoms with Crippen molar-refractivity contribution in [3.8, 4) is 0 Å². The van der Waals surface area contributed by atoms with Gasteiger partial charge >= 0.3 is 0 Å². The number of sulfonamides is 1. The molecule has 1 N–H and O–H groups in total. The third-order valence-electron chi connectivity index (χ3n) is 3.55. The largest absolute Gasteiger partial charge is 0.261 e. The topological polar surface area (TPSA) is 64.0 Å². The minimum absolute atomic E-state index is 0.199. The van der Waals surface area contributed by atoms with Crippen molar-refractivity contribution in [3.63, 3.8) is 0 Å². The number of nitrogens with one attached hydrogen (secondary N) is 1. The molecule has 0 aliphatic carbocycles. The van der Waals surface area contributed by atoms with Crippen LogP contribution >= 0.6 is 34.3 Å². The van der Waals surface area contributed by atoms with Gasteiger partial charge in [0.2, 0.25) is 10.0 Å². The minimum Gasteiger partial charge on any atom is -0.261 e. The SMILES string of the molecule is Cc1cc(C)n([C@H](CNS(=O)(=O)c2ccc(Cl)s2)c2ccsc2)n1. The van der Waals surface area contributed by atoms with Gasteiger partial charge in [-0.1, -0.05) is 11.6 Å². The maximum Gasteiger partial charge on any atom is 0.250 e. The maximum atomic E-state index is 12.5. The average molecular weight is 402 g/mol. The molecule has 3 aromatic rings. The number of halogens is 1. The molecular formula is C15H16ClN3O2S3. The Labute approximate surface area is 154 Å². The van der Waals surface area contributed by atoms with E-state index in [9.17, 15) is 8.42 Å². The van der Waals surface area contributed by atoms with E-state index in [1.165, 1.54) is 6.07 Å². The van der Waals surface area contributed by atoms with Crippen LogP contribution in [0.1, 0.15) is 23.0 Å². The van der Waals surface area contributed by atoms with Crippen molar-refractivity contribution in [2.24, 2.45) is 0 Å². The van der Waals surface area contributed by atoms with Gasteiger partial charge in [0.1, 0.15) is 4.21 Å². The highest BCUT2D eigenvalue weighted by Crippen LogP contribution is 2.27. The van der Waals surface area contributed by atoms with Crippen LogP contribution < -0.4 is 4.72 Å². The van der Waals surface area contributed by atoms with Gasteiger partial charge in [-0.05, 0) is 54.4 Å².